The number of anilines is 1. The monoisotopic (exact) mass is 207 g/mol. The molecule has 82 valence electrons. The number of benzene rings is 1. The third-order valence-corrected chi connectivity index (χ3v) is 2.10. The largest absolute Gasteiger partial charge is 0.397 e. The van der Waals surface area contributed by atoms with Gasteiger partial charge in [0.05, 0.1) is 5.69 Å². The van der Waals surface area contributed by atoms with Crippen molar-refractivity contribution in [3.8, 4) is 0 Å². The predicted molar refractivity (Wildman–Crippen MR) is 61.7 cm³/mol. The van der Waals surface area contributed by atoms with Crippen LogP contribution in [0, 0.1) is 0 Å². The average Bonchev–Trinajstić information content (AvgIpc) is 2.70. The normalized spacial score (nSPS) is 10.2. The Morgan fingerprint density at radius 3 is 2.33 bits per heavy atom. The molecule has 0 atom stereocenters. The van der Waals surface area contributed by atoms with Gasteiger partial charge in [0.25, 0.3) is 0 Å². The second-order valence-corrected chi connectivity index (χ2v) is 3.36. The van der Waals surface area contributed by atoms with E-state index >= 15 is 0 Å². The van der Waals surface area contributed by atoms with E-state index in [0.29, 0.717) is 17.1 Å². The summed E-state index contributed by atoms with van der Waals surface area (Å²) in [4.78, 5) is 0. The second kappa shape index (κ2) is 4.77. The van der Waals surface area contributed by atoms with Crippen LogP contribution in [-0.2, 0) is 0 Å². The summed E-state index contributed by atoms with van der Waals surface area (Å²) in [6.45, 7) is 8.19. The molecule has 0 spiro atoms. The topological polar surface area (TPSA) is 64.9 Å². The summed E-state index contributed by atoms with van der Waals surface area (Å²) < 4.78 is 4.66. The number of nitrogen functional groups attached to an aromatic ring is 1. The minimum Gasteiger partial charge on any atom is -0.397 e. The Kier molecular flexibility index (Phi) is 3.66. The highest BCUT2D eigenvalue weighted by atomic mass is 16.6. The molecule has 0 fully saturated rings. The van der Waals surface area contributed by atoms with Crippen LogP contribution in [0.3, 0.4) is 0 Å². The van der Waals surface area contributed by atoms with E-state index in [0.717, 1.165) is 11.1 Å². The molecule has 0 aliphatic carbocycles. The Bertz CT molecular complexity index is 434. The fraction of sp³-hybridized carbons (Fsp3) is 0.455. The lowest BCUT2D eigenvalue weighted by Crippen LogP contribution is -1.93. The molecule has 0 saturated heterocycles. The number of nitrogens with zero attached hydrogens (tertiary/aromatic N) is 2. The van der Waals surface area contributed by atoms with Crippen LogP contribution < -0.4 is 5.73 Å². The van der Waals surface area contributed by atoms with Crippen molar-refractivity contribution in [3.05, 3.63) is 17.7 Å². The van der Waals surface area contributed by atoms with Gasteiger partial charge in [0.2, 0.25) is 0 Å². The van der Waals surface area contributed by atoms with Gasteiger partial charge in [-0.2, -0.15) is 0 Å². The molecule has 1 heterocycles. The second-order valence-electron chi connectivity index (χ2n) is 3.36. The molecule has 0 unspecified atom stereocenters. The van der Waals surface area contributed by atoms with Gasteiger partial charge in [-0.15, -0.1) is 0 Å². The molecule has 15 heavy (non-hydrogen) atoms. The number of fused-ring (bicyclic) bond motifs is 1. The van der Waals surface area contributed by atoms with Gasteiger partial charge >= 0.3 is 0 Å². The number of hydrogen-bond acceptors (Lipinski definition) is 4. The minimum absolute atomic E-state index is 0.398. The lowest BCUT2D eigenvalue weighted by atomic mass is 10.0. The quantitative estimate of drug-likeness (QED) is 0.730. The van der Waals surface area contributed by atoms with Crippen LogP contribution in [0.2, 0.25) is 0 Å². The summed E-state index contributed by atoms with van der Waals surface area (Å²) in [6, 6.07) is 3.80. The summed E-state index contributed by atoms with van der Waals surface area (Å²) in [5, 5.41) is 7.58. The van der Waals surface area contributed by atoms with E-state index in [2.05, 4.69) is 28.8 Å². The van der Waals surface area contributed by atoms with Gasteiger partial charge in [-0.05, 0) is 27.9 Å². The van der Waals surface area contributed by atoms with Crippen molar-refractivity contribution in [2.45, 2.75) is 33.6 Å². The third-order valence-electron chi connectivity index (χ3n) is 2.10. The molecule has 4 heteroatoms. The Hall–Kier alpha value is -1.58. The Morgan fingerprint density at radius 2 is 1.73 bits per heavy atom. The van der Waals surface area contributed by atoms with Crippen molar-refractivity contribution < 1.29 is 4.63 Å². The van der Waals surface area contributed by atoms with Crippen LogP contribution in [0.4, 0.5) is 5.69 Å². The maximum Gasteiger partial charge on any atom is 0.158 e. The smallest absolute Gasteiger partial charge is 0.158 e. The Balaban J connectivity index is 0.000000531. The molecular weight excluding hydrogens is 190 g/mol. The minimum atomic E-state index is 0.398. The standard InChI is InChI=1S/C9H11N3O.C2H6/c1-5(2)6-3-4-7(10)9-8(6)11-13-12-9;1-2/h3-5H,10H2,1-2H3;1-2H3. The summed E-state index contributed by atoms with van der Waals surface area (Å²) in [5.74, 6) is 0.398. The molecule has 2 N–H and O–H groups in total. The van der Waals surface area contributed by atoms with Crippen molar-refractivity contribution in [3.63, 3.8) is 0 Å². The van der Waals surface area contributed by atoms with E-state index in [-0.39, 0.29) is 0 Å². The maximum absolute atomic E-state index is 5.71. The molecule has 2 rings (SSSR count). The van der Waals surface area contributed by atoms with Gasteiger partial charge in [0.1, 0.15) is 5.52 Å². The van der Waals surface area contributed by atoms with Gasteiger partial charge in [-0.1, -0.05) is 33.8 Å². The fourth-order valence-corrected chi connectivity index (χ4v) is 1.37. The highest BCUT2D eigenvalue weighted by Gasteiger charge is 2.11. The molecule has 0 bridgehead atoms. The predicted octanol–water partition coefficient (Wildman–Crippen LogP) is 2.95. The summed E-state index contributed by atoms with van der Waals surface area (Å²) in [6.07, 6.45) is 0. The molecule has 2 aromatic rings. The molecular formula is C11H17N3O. The molecule has 4 nitrogen and oxygen atoms in total. The van der Waals surface area contributed by atoms with E-state index in [1.807, 2.05) is 26.0 Å². The van der Waals surface area contributed by atoms with Gasteiger partial charge in [0, 0.05) is 0 Å². The van der Waals surface area contributed by atoms with E-state index in [1.54, 1.807) is 0 Å². The zero-order valence-corrected chi connectivity index (χ0v) is 9.61. The maximum atomic E-state index is 5.71. The van der Waals surface area contributed by atoms with Crippen molar-refractivity contribution in [2.24, 2.45) is 0 Å². The van der Waals surface area contributed by atoms with Crippen LogP contribution in [0.1, 0.15) is 39.2 Å². The summed E-state index contributed by atoms with van der Waals surface area (Å²) in [7, 11) is 0. The third kappa shape index (κ3) is 2.09. The van der Waals surface area contributed by atoms with Crippen LogP contribution in [0.25, 0.3) is 11.0 Å². The molecule has 1 aromatic heterocycles. The van der Waals surface area contributed by atoms with Gasteiger partial charge in [-0.3, -0.25) is 0 Å². The number of rotatable bonds is 1. The highest BCUT2D eigenvalue weighted by Crippen LogP contribution is 2.26. The SMILES string of the molecule is CC.CC(C)c1ccc(N)c2nonc12. The van der Waals surface area contributed by atoms with Crippen molar-refractivity contribution in [2.75, 3.05) is 5.73 Å². The Morgan fingerprint density at radius 1 is 1.13 bits per heavy atom. The zero-order chi connectivity index (χ0) is 11.4. The van der Waals surface area contributed by atoms with E-state index < -0.39 is 0 Å². The van der Waals surface area contributed by atoms with Crippen molar-refractivity contribution in [1.29, 1.82) is 0 Å². The first-order chi connectivity index (χ1) is 7.20. The molecule has 0 aliphatic heterocycles. The van der Waals surface area contributed by atoms with E-state index in [4.69, 9.17) is 5.73 Å². The van der Waals surface area contributed by atoms with Gasteiger partial charge in [0.15, 0.2) is 5.52 Å². The van der Waals surface area contributed by atoms with Gasteiger partial charge < -0.3 is 5.73 Å². The van der Waals surface area contributed by atoms with Crippen LogP contribution in [0.5, 0.6) is 0 Å². The zero-order valence-electron chi connectivity index (χ0n) is 9.61. The van der Waals surface area contributed by atoms with E-state index in [9.17, 15) is 0 Å². The first kappa shape index (κ1) is 11.5. The van der Waals surface area contributed by atoms with Crippen molar-refractivity contribution in [1.82, 2.24) is 10.3 Å². The molecule has 0 amide bonds. The van der Waals surface area contributed by atoms with E-state index in [1.165, 1.54) is 0 Å². The number of aromatic nitrogens is 2. The first-order valence-electron chi connectivity index (χ1n) is 5.21. The lowest BCUT2D eigenvalue weighted by Gasteiger charge is -2.04. The van der Waals surface area contributed by atoms with Crippen molar-refractivity contribution >= 4 is 16.7 Å². The first-order valence-corrected chi connectivity index (χ1v) is 5.21. The van der Waals surface area contributed by atoms with Crippen LogP contribution in [-0.4, -0.2) is 10.3 Å². The lowest BCUT2D eigenvalue weighted by molar-refractivity contribution is 0.315. The number of hydrogen-bond donors (Lipinski definition) is 1. The molecule has 0 aliphatic rings. The molecule has 0 radical (unpaired) electrons. The molecule has 0 saturated carbocycles. The van der Waals surface area contributed by atoms with Gasteiger partial charge in [-0.25, -0.2) is 4.63 Å². The highest BCUT2D eigenvalue weighted by molar-refractivity contribution is 5.88. The summed E-state index contributed by atoms with van der Waals surface area (Å²) in [5.41, 5.74) is 8.87. The average molecular weight is 207 g/mol. The Labute approximate surface area is 89.4 Å². The van der Waals surface area contributed by atoms with Crippen LogP contribution >= 0.6 is 0 Å². The molecule has 1 aromatic carbocycles. The number of nitrogens with two attached hydrogens (primary N) is 1. The van der Waals surface area contributed by atoms with Crippen LogP contribution in [0.15, 0.2) is 16.8 Å². The fourth-order valence-electron chi connectivity index (χ4n) is 1.37. The summed E-state index contributed by atoms with van der Waals surface area (Å²) >= 11 is 0.